The molecule has 0 saturated carbocycles. The van der Waals surface area contributed by atoms with Crippen molar-refractivity contribution in [2.75, 3.05) is 32.9 Å². The molecule has 3 nitrogen and oxygen atoms in total. The van der Waals surface area contributed by atoms with Crippen LogP contribution in [-0.4, -0.2) is 32.9 Å². The second-order valence-electron chi connectivity index (χ2n) is 4.28. The normalized spacial score (nSPS) is 12.6. The maximum Gasteiger partial charge on any atom is 0.0964 e. The van der Waals surface area contributed by atoms with Crippen LogP contribution < -0.4 is 5.32 Å². The van der Waals surface area contributed by atoms with Crippen LogP contribution in [0.4, 0.5) is 0 Å². The van der Waals surface area contributed by atoms with Gasteiger partial charge < -0.3 is 14.8 Å². The van der Waals surface area contributed by atoms with E-state index < -0.39 is 0 Å². The first kappa shape index (κ1) is 16.4. The smallest absolute Gasteiger partial charge is 0.0964 e. The highest BCUT2D eigenvalue weighted by atomic mass is 35.5. The Morgan fingerprint density at radius 1 is 1.21 bits per heavy atom. The Morgan fingerprint density at radius 3 is 2.68 bits per heavy atom. The van der Waals surface area contributed by atoms with Crippen LogP contribution in [0.5, 0.6) is 0 Å². The Bertz CT molecular complexity index is 347. The molecule has 0 fully saturated rings. The van der Waals surface area contributed by atoms with Crippen molar-refractivity contribution in [3.05, 3.63) is 34.9 Å². The van der Waals surface area contributed by atoms with E-state index in [0.29, 0.717) is 19.8 Å². The van der Waals surface area contributed by atoms with Crippen LogP contribution in [0.1, 0.15) is 31.9 Å². The van der Waals surface area contributed by atoms with Crippen LogP contribution >= 0.6 is 11.6 Å². The van der Waals surface area contributed by atoms with Gasteiger partial charge in [0.15, 0.2) is 0 Å². The fourth-order valence-electron chi connectivity index (χ4n) is 1.80. The predicted octanol–water partition coefficient (Wildman–Crippen LogP) is 3.43. The zero-order valence-corrected chi connectivity index (χ0v) is 12.6. The number of hydrogen-bond donors (Lipinski definition) is 1. The summed E-state index contributed by atoms with van der Waals surface area (Å²) in [6, 6.07) is 7.83. The summed E-state index contributed by atoms with van der Waals surface area (Å²) in [6.07, 6.45) is 1.08. The minimum Gasteiger partial charge on any atom is -0.379 e. The van der Waals surface area contributed by atoms with E-state index in [9.17, 15) is 0 Å². The zero-order chi connectivity index (χ0) is 13.9. The number of nitrogens with one attached hydrogen (secondary N) is 1. The summed E-state index contributed by atoms with van der Waals surface area (Å²) in [7, 11) is 0. The van der Waals surface area contributed by atoms with Crippen LogP contribution in [0, 0.1) is 0 Å². The van der Waals surface area contributed by atoms with Crippen LogP contribution in [0.3, 0.4) is 0 Å². The summed E-state index contributed by atoms with van der Waals surface area (Å²) in [4.78, 5) is 0. The van der Waals surface area contributed by atoms with Crippen LogP contribution in [0.25, 0.3) is 0 Å². The highest BCUT2D eigenvalue weighted by Crippen LogP contribution is 2.24. The molecule has 1 aromatic carbocycles. The molecular formula is C15H24ClNO2. The van der Waals surface area contributed by atoms with Crippen molar-refractivity contribution in [2.45, 2.75) is 26.4 Å². The van der Waals surface area contributed by atoms with E-state index in [1.165, 1.54) is 0 Å². The standard InChI is InChI=1S/C15H24ClNO2/c1-3-9-17-12-15(19-11-10-18-4-2)13-7-5-6-8-14(13)16/h5-8,15,17H,3-4,9-12H2,1-2H3. The molecule has 19 heavy (non-hydrogen) atoms. The number of hydrogen-bond acceptors (Lipinski definition) is 3. The summed E-state index contributed by atoms with van der Waals surface area (Å²) >= 11 is 6.23. The molecule has 0 aliphatic carbocycles. The first-order valence-corrected chi connectivity index (χ1v) is 7.31. The Morgan fingerprint density at radius 2 is 2.00 bits per heavy atom. The molecule has 0 spiro atoms. The molecule has 108 valence electrons. The fourth-order valence-corrected chi connectivity index (χ4v) is 2.06. The first-order valence-electron chi connectivity index (χ1n) is 6.94. The number of ether oxygens (including phenoxy) is 2. The Hall–Kier alpha value is -0.610. The topological polar surface area (TPSA) is 30.5 Å². The van der Waals surface area contributed by atoms with Gasteiger partial charge >= 0.3 is 0 Å². The molecule has 0 heterocycles. The summed E-state index contributed by atoms with van der Waals surface area (Å²) in [5.41, 5.74) is 1.03. The molecule has 1 aromatic rings. The highest BCUT2D eigenvalue weighted by Gasteiger charge is 2.14. The van der Waals surface area contributed by atoms with E-state index in [1.807, 2.05) is 31.2 Å². The number of benzene rings is 1. The molecule has 0 aliphatic heterocycles. The third-order valence-electron chi connectivity index (χ3n) is 2.76. The summed E-state index contributed by atoms with van der Waals surface area (Å²) in [5, 5.41) is 4.13. The Labute approximate surface area is 121 Å². The van der Waals surface area contributed by atoms with Gasteiger partial charge in [0, 0.05) is 23.7 Å². The van der Waals surface area contributed by atoms with E-state index in [2.05, 4.69) is 12.2 Å². The minimum atomic E-state index is -0.0271. The molecule has 1 rings (SSSR count). The Kier molecular flexibility index (Phi) is 8.84. The lowest BCUT2D eigenvalue weighted by atomic mass is 10.1. The van der Waals surface area contributed by atoms with Gasteiger partial charge in [-0.05, 0) is 26.0 Å². The van der Waals surface area contributed by atoms with Gasteiger partial charge in [-0.25, -0.2) is 0 Å². The monoisotopic (exact) mass is 285 g/mol. The van der Waals surface area contributed by atoms with Gasteiger partial charge in [-0.2, -0.15) is 0 Å². The SMILES string of the molecule is CCCNCC(OCCOCC)c1ccccc1Cl. The lowest BCUT2D eigenvalue weighted by molar-refractivity contribution is 0.00699. The van der Waals surface area contributed by atoms with Crippen molar-refractivity contribution < 1.29 is 9.47 Å². The first-order chi connectivity index (χ1) is 9.29. The van der Waals surface area contributed by atoms with Gasteiger partial charge in [0.05, 0.1) is 19.3 Å². The van der Waals surface area contributed by atoms with Crippen molar-refractivity contribution in [3.8, 4) is 0 Å². The summed E-state index contributed by atoms with van der Waals surface area (Å²) < 4.78 is 11.2. The van der Waals surface area contributed by atoms with Gasteiger partial charge in [-0.1, -0.05) is 36.7 Å². The highest BCUT2D eigenvalue weighted by molar-refractivity contribution is 6.31. The van der Waals surface area contributed by atoms with Crippen molar-refractivity contribution in [1.29, 1.82) is 0 Å². The molecular weight excluding hydrogens is 262 g/mol. The maximum absolute atomic E-state index is 6.23. The van der Waals surface area contributed by atoms with Crippen molar-refractivity contribution >= 4 is 11.6 Å². The van der Waals surface area contributed by atoms with E-state index in [1.54, 1.807) is 0 Å². The molecule has 0 aliphatic rings. The fraction of sp³-hybridized carbons (Fsp3) is 0.600. The van der Waals surface area contributed by atoms with Crippen molar-refractivity contribution in [2.24, 2.45) is 0 Å². The molecule has 4 heteroatoms. The number of rotatable bonds is 10. The van der Waals surface area contributed by atoms with Gasteiger partial charge in [0.2, 0.25) is 0 Å². The predicted molar refractivity (Wildman–Crippen MR) is 79.8 cm³/mol. The molecule has 1 atom stereocenters. The molecule has 0 bridgehead atoms. The molecule has 1 N–H and O–H groups in total. The Balaban J connectivity index is 2.55. The van der Waals surface area contributed by atoms with Crippen LogP contribution in [0.15, 0.2) is 24.3 Å². The molecule has 0 saturated heterocycles. The van der Waals surface area contributed by atoms with Gasteiger partial charge in [0.25, 0.3) is 0 Å². The van der Waals surface area contributed by atoms with Gasteiger partial charge in [-0.15, -0.1) is 0 Å². The lowest BCUT2D eigenvalue weighted by Gasteiger charge is -2.20. The zero-order valence-electron chi connectivity index (χ0n) is 11.8. The van der Waals surface area contributed by atoms with E-state index in [4.69, 9.17) is 21.1 Å². The average molecular weight is 286 g/mol. The average Bonchev–Trinajstić information content (AvgIpc) is 2.42. The number of halogens is 1. The second kappa shape index (κ2) is 10.2. The van der Waals surface area contributed by atoms with Crippen LogP contribution in [-0.2, 0) is 9.47 Å². The summed E-state index contributed by atoms with van der Waals surface area (Å²) in [6.45, 7) is 7.79. The maximum atomic E-state index is 6.23. The minimum absolute atomic E-state index is 0.0271. The molecule has 0 radical (unpaired) electrons. The third kappa shape index (κ3) is 6.39. The van der Waals surface area contributed by atoms with Crippen LogP contribution in [0.2, 0.25) is 5.02 Å². The van der Waals surface area contributed by atoms with Gasteiger partial charge in [-0.3, -0.25) is 0 Å². The lowest BCUT2D eigenvalue weighted by Crippen LogP contribution is -2.25. The molecule has 0 aromatic heterocycles. The van der Waals surface area contributed by atoms with Crippen molar-refractivity contribution in [3.63, 3.8) is 0 Å². The largest absolute Gasteiger partial charge is 0.379 e. The summed E-state index contributed by atoms with van der Waals surface area (Å²) in [5.74, 6) is 0. The van der Waals surface area contributed by atoms with Gasteiger partial charge in [0.1, 0.15) is 0 Å². The molecule has 1 unspecified atom stereocenters. The molecule has 0 amide bonds. The quantitative estimate of drug-likeness (QED) is 0.668. The van der Waals surface area contributed by atoms with Crippen molar-refractivity contribution in [1.82, 2.24) is 5.32 Å². The van der Waals surface area contributed by atoms with E-state index >= 15 is 0 Å². The van der Waals surface area contributed by atoms with E-state index in [-0.39, 0.29) is 6.10 Å². The van der Waals surface area contributed by atoms with E-state index in [0.717, 1.165) is 30.1 Å². The third-order valence-corrected chi connectivity index (χ3v) is 3.10. The second-order valence-corrected chi connectivity index (χ2v) is 4.69.